The highest BCUT2D eigenvalue weighted by atomic mass is 16.6. The normalized spacial score (nSPS) is 11.1. The zero-order chi connectivity index (χ0) is 19.3. The van der Waals surface area contributed by atoms with Crippen molar-refractivity contribution in [2.24, 2.45) is 0 Å². The summed E-state index contributed by atoms with van der Waals surface area (Å²) in [5.41, 5.74) is 2.47. The first-order valence-corrected chi connectivity index (χ1v) is 8.51. The fraction of sp³-hybridized carbons (Fsp3) is 0.350. The van der Waals surface area contributed by atoms with Crippen molar-refractivity contribution >= 4 is 17.3 Å². The molecule has 0 bridgehead atoms. The average Bonchev–Trinajstić information content (AvgIpc) is 2.62. The van der Waals surface area contributed by atoms with Gasteiger partial charge in [0.15, 0.2) is 6.61 Å². The summed E-state index contributed by atoms with van der Waals surface area (Å²) in [6, 6.07) is 12.0. The lowest BCUT2D eigenvalue weighted by Crippen LogP contribution is -2.20. The monoisotopic (exact) mass is 356 g/mol. The van der Waals surface area contributed by atoms with Crippen LogP contribution in [-0.2, 0) is 10.2 Å². The molecule has 0 saturated heterocycles. The molecule has 6 nitrogen and oxygen atoms in total. The maximum absolute atomic E-state index is 12.1. The number of hydrogen-bond donors (Lipinski definition) is 1. The molecule has 0 aliphatic heterocycles. The lowest BCUT2D eigenvalue weighted by molar-refractivity contribution is -0.384. The van der Waals surface area contributed by atoms with E-state index in [1.807, 2.05) is 24.3 Å². The molecule has 0 unspecified atom stereocenters. The summed E-state index contributed by atoms with van der Waals surface area (Å²) in [5, 5.41) is 13.5. The van der Waals surface area contributed by atoms with Crippen LogP contribution in [0.1, 0.15) is 38.3 Å². The van der Waals surface area contributed by atoms with Crippen LogP contribution in [0.4, 0.5) is 11.4 Å². The third-order valence-corrected chi connectivity index (χ3v) is 4.58. The number of hydrogen-bond acceptors (Lipinski definition) is 4. The van der Waals surface area contributed by atoms with Gasteiger partial charge in [-0.05, 0) is 48.1 Å². The largest absolute Gasteiger partial charge is 0.484 e. The van der Waals surface area contributed by atoms with Gasteiger partial charge in [-0.15, -0.1) is 0 Å². The molecule has 138 valence electrons. The Bertz CT molecular complexity index is 798. The van der Waals surface area contributed by atoms with Gasteiger partial charge in [0.25, 0.3) is 11.6 Å². The van der Waals surface area contributed by atoms with Gasteiger partial charge in [-0.25, -0.2) is 0 Å². The van der Waals surface area contributed by atoms with Gasteiger partial charge in [-0.1, -0.05) is 32.9 Å². The van der Waals surface area contributed by atoms with Crippen LogP contribution in [-0.4, -0.2) is 17.4 Å². The Hall–Kier alpha value is -2.89. The van der Waals surface area contributed by atoms with E-state index in [4.69, 9.17) is 4.74 Å². The molecule has 0 heterocycles. The molecule has 0 fully saturated rings. The highest BCUT2D eigenvalue weighted by Gasteiger charge is 2.17. The predicted molar refractivity (Wildman–Crippen MR) is 102 cm³/mol. The number of nitrogens with zero attached hydrogens (tertiary/aromatic N) is 1. The minimum Gasteiger partial charge on any atom is -0.484 e. The van der Waals surface area contributed by atoms with Crippen molar-refractivity contribution in [3.05, 3.63) is 63.7 Å². The van der Waals surface area contributed by atoms with Crippen LogP contribution in [0.5, 0.6) is 5.75 Å². The Kier molecular flexibility index (Phi) is 5.97. The maximum atomic E-state index is 12.1. The van der Waals surface area contributed by atoms with Crippen molar-refractivity contribution in [3.63, 3.8) is 0 Å². The lowest BCUT2D eigenvalue weighted by atomic mass is 9.82. The summed E-state index contributed by atoms with van der Waals surface area (Å²) in [5.74, 6) is 0.302. The van der Waals surface area contributed by atoms with Crippen molar-refractivity contribution in [1.29, 1.82) is 0 Å². The molecule has 0 saturated carbocycles. The molecule has 0 radical (unpaired) electrons. The van der Waals surface area contributed by atoms with Gasteiger partial charge in [0.05, 0.1) is 4.92 Å². The van der Waals surface area contributed by atoms with Crippen LogP contribution in [0, 0.1) is 17.0 Å². The first-order chi connectivity index (χ1) is 12.2. The second-order valence-electron chi connectivity index (χ2n) is 6.85. The molecule has 2 rings (SSSR count). The predicted octanol–water partition coefficient (Wildman–Crippen LogP) is 4.61. The Labute approximate surface area is 153 Å². The fourth-order valence-corrected chi connectivity index (χ4v) is 2.44. The number of rotatable bonds is 7. The molecule has 0 aliphatic carbocycles. The zero-order valence-electron chi connectivity index (χ0n) is 15.5. The first-order valence-electron chi connectivity index (χ1n) is 8.51. The summed E-state index contributed by atoms with van der Waals surface area (Å²) in [4.78, 5) is 22.3. The molecule has 2 aromatic rings. The average molecular weight is 356 g/mol. The van der Waals surface area contributed by atoms with Crippen LogP contribution >= 0.6 is 0 Å². The van der Waals surface area contributed by atoms with E-state index in [2.05, 4.69) is 26.1 Å². The standard InChI is InChI=1S/C20H24N2O4/c1-5-20(3,4)15-6-9-17(10-7-15)26-13-19(23)21-18-11-8-16(22(24)25)12-14(18)2/h6-12H,5,13H2,1-4H3,(H,21,23). The van der Waals surface area contributed by atoms with Crippen LogP contribution in [0.15, 0.2) is 42.5 Å². The Balaban J connectivity index is 1.94. The van der Waals surface area contributed by atoms with E-state index in [-0.39, 0.29) is 23.6 Å². The number of ether oxygens (including phenoxy) is 1. The molecule has 26 heavy (non-hydrogen) atoms. The number of non-ortho nitro benzene ring substituents is 1. The molecular weight excluding hydrogens is 332 g/mol. The number of carbonyl (C=O) groups is 1. The van der Waals surface area contributed by atoms with Gasteiger partial charge in [0.1, 0.15) is 5.75 Å². The number of anilines is 1. The number of carbonyl (C=O) groups excluding carboxylic acids is 1. The number of aryl methyl sites for hydroxylation is 1. The van der Waals surface area contributed by atoms with E-state index < -0.39 is 4.92 Å². The molecule has 6 heteroatoms. The molecule has 2 aromatic carbocycles. The second-order valence-corrected chi connectivity index (χ2v) is 6.85. The van der Waals surface area contributed by atoms with Gasteiger partial charge in [0, 0.05) is 17.8 Å². The highest BCUT2D eigenvalue weighted by Crippen LogP contribution is 2.28. The van der Waals surface area contributed by atoms with Gasteiger partial charge in [0.2, 0.25) is 0 Å². The molecule has 0 atom stereocenters. The quantitative estimate of drug-likeness (QED) is 0.580. The van der Waals surface area contributed by atoms with Gasteiger partial charge >= 0.3 is 0 Å². The number of nitro groups is 1. The van der Waals surface area contributed by atoms with Crippen molar-refractivity contribution < 1.29 is 14.5 Å². The molecular formula is C20H24N2O4. The third kappa shape index (κ3) is 4.81. The van der Waals surface area contributed by atoms with E-state index in [9.17, 15) is 14.9 Å². The molecule has 1 amide bonds. The van der Waals surface area contributed by atoms with E-state index in [0.717, 1.165) is 6.42 Å². The minimum atomic E-state index is -0.467. The van der Waals surface area contributed by atoms with Gasteiger partial charge in [-0.3, -0.25) is 14.9 Å². The van der Waals surface area contributed by atoms with Gasteiger partial charge < -0.3 is 10.1 Å². The Morgan fingerprint density at radius 1 is 1.19 bits per heavy atom. The lowest BCUT2D eigenvalue weighted by Gasteiger charge is -2.23. The van der Waals surface area contributed by atoms with E-state index in [1.165, 1.54) is 23.8 Å². The third-order valence-electron chi connectivity index (χ3n) is 4.58. The van der Waals surface area contributed by atoms with Crippen LogP contribution in [0.3, 0.4) is 0 Å². The fourth-order valence-electron chi connectivity index (χ4n) is 2.44. The second kappa shape index (κ2) is 7.99. The summed E-state index contributed by atoms with van der Waals surface area (Å²) in [7, 11) is 0. The van der Waals surface area contributed by atoms with Crippen molar-refractivity contribution in [2.45, 2.75) is 39.5 Å². The van der Waals surface area contributed by atoms with Crippen LogP contribution < -0.4 is 10.1 Å². The number of benzene rings is 2. The number of nitrogens with one attached hydrogen (secondary N) is 1. The summed E-state index contributed by atoms with van der Waals surface area (Å²) < 4.78 is 5.52. The first kappa shape index (κ1) is 19.4. The zero-order valence-corrected chi connectivity index (χ0v) is 15.5. The topological polar surface area (TPSA) is 81.5 Å². The Morgan fingerprint density at radius 2 is 1.85 bits per heavy atom. The van der Waals surface area contributed by atoms with E-state index in [1.54, 1.807) is 6.92 Å². The van der Waals surface area contributed by atoms with Crippen LogP contribution in [0.25, 0.3) is 0 Å². The summed E-state index contributed by atoms with van der Waals surface area (Å²) >= 11 is 0. The molecule has 0 spiro atoms. The smallest absolute Gasteiger partial charge is 0.269 e. The van der Waals surface area contributed by atoms with E-state index in [0.29, 0.717) is 17.0 Å². The number of amides is 1. The summed E-state index contributed by atoms with van der Waals surface area (Å²) in [6.07, 6.45) is 1.03. The molecule has 1 N–H and O–H groups in total. The SMILES string of the molecule is CCC(C)(C)c1ccc(OCC(=O)Nc2ccc([N+](=O)[O-])cc2C)cc1. The summed E-state index contributed by atoms with van der Waals surface area (Å²) in [6.45, 7) is 8.09. The minimum absolute atomic E-state index is 0.00755. The highest BCUT2D eigenvalue weighted by molar-refractivity contribution is 5.92. The van der Waals surface area contributed by atoms with Crippen molar-refractivity contribution in [1.82, 2.24) is 0 Å². The van der Waals surface area contributed by atoms with Crippen molar-refractivity contribution in [2.75, 3.05) is 11.9 Å². The Morgan fingerprint density at radius 3 is 2.38 bits per heavy atom. The van der Waals surface area contributed by atoms with Gasteiger partial charge in [-0.2, -0.15) is 0 Å². The number of nitro benzene ring substituents is 1. The molecule has 0 aliphatic rings. The van der Waals surface area contributed by atoms with E-state index >= 15 is 0 Å². The van der Waals surface area contributed by atoms with Crippen LogP contribution in [0.2, 0.25) is 0 Å². The maximum Gasteiger partial charge on any atom is 0.269 e. The van der Waals surface area contributed by atoms with Crippen molar-refractivity contribution in [3.8, 4) is 5.75 Å². The molecule has 0 aromatic heterocycles.